The molecule has 2 heteroatoms. The lowest BCUT2D eigenvalue weighted by atomic mass is 9.59. The maximum Gasteiger partial charge on any atom is 0.0693 e. The molecule has 2 nitrogen and oxygen atoms in total. The summed E-state index contributed by atoms with van der Waals surface area (Å²) in [5.41, 5.74) is -0.883. The van der Waals surface area contributed by atoms with E-state index in [0.29, 0.717) is 0 Å². The second-order valence-electron chi connectivity index (χ2n) is 5.85. The van der Waals surface area contributed by atoms with Gasteiger partial charge in [-0.3, -0.25) is 0 Å². The summed E-state index contributed by atoms with van der Waals surface area (Å²) in [6.45, 7) is 3.96. The highest BCUT2D eigenvalue weighted by Crippen LogP contribution is 2.53. The molecule has 0 aromatic heterocycles. The average Bonchev–Trinajstić information content (AvgIpc) is 2.97. The van der Waals surface area contributed by atoms with E-state index in [1.165, 1.54) is 12.8 Å². The van der Waals surface area contributed by atoms with Gasteiger partial charge in [0, 0.05) is 5.92 Å². The monoisotopic (exact) mass is 207 g/mol. The standard InChI is InChI=1S/C13H21NO/c1-10-12(2,15)6-3-7-13(10,9-14)8-11-4-5-11/h10-11,15H,3-8H2,1-2H3/t10-,12-,13+/m0/s1. The van der Waals surface area contributed by atoms with E-state index in [1.54, 1.807) is 0 Å². The summed E-state index contributed by atoms with van der Waals surface area (Å²) >= 11 is 0. The van der Waals surface area contributed by atoms with Crippen molar-refractivity contribution >= 4 is 0 Å². The third kappa shape index (κ3) is 1.90. The summed E-state index contributed by atoms with van der Waals surface area (Å²) in [5, 5.41) is 19.8. The Morgan fingerprint density at radius 3 is 2.60 bits per heavy atom. The Morgan fingerprint density at radius 1 is 1.40 bits per heavy atom. The van der Waals surface area contributed by atoms with Crippen LogP contribution in [0.4, 0.5) is 0 Å². The second-order valence-corrected chi connectivity index (χ2v) is 5.85. The maximum atomic E-state index is 10.3. The normalized spacial score (nSPS) is 46.1. The van der Waals surface area contributed by atoms with Crippen molar-refractivity contribution in [2.24, 2.45) is 17.3 Å². The topological polar surface area (TPSA) is 44.0 Å². The number of nitriles is 1. The fourth-order valence-electron chi connectivity index (χ4n) is 3.10. The summed E-state index contributed by atoms with van der Waals surface area (Å²) in [4.78, 5) is 0. The van der Waals surface area contributed by atoms with Gasteiger partial charge in [0.25, 0.3) is 0 Å². The first-order valence-electron chi connectivity index (χ1n) is 6.14. The Morgan fingerprint density at radius 2 is 2.07 bits per heavy atom. The highest BCUT2D eigenvalue weighted by molar-refractivity contribution is 5.10. The number of aliphatic hydroxyl groups is 1. The van der Waals surface area contributed by atoms with Crippen molar-refractivity contribution in [3.8, 4) is 6.07 Å². The zero-order valence-electron chi connectivity index (χ0n) is 9.79. The summed E-state index contributed by atoms with van der Waals surface area (Å²) in [6, 6.07) is 2.53. The first-order chi connectivity index (χ1) is 7.00. The molecular weight excluding hydrogens is 186 g/mol. The lowest BCUT2D eigenvalue weighted by Crippen LogP contribution is -2.47. The van der Waals surface area contributed by atoms with Gasteiger partial charge in [-0.05, 0) is 38.5 Å². The number of rotatable bonds is 2. The molecule has 0 heterocycles. The van der Waals surface area contributed by atoms with Crippen LogP contribution in [-0.2, 0) is 0 Å². The number of hydrogen-bond acceptors (Lipinski definition) is 2. The van der Waals surface area contributed by atoms with Gasteiger partial charge >= 0.3 is 0 Å². The van der Waals surface area contributed by atoms with Gasteiger partial charge < -0.3 is 5.11 Å². The van der Waals surface area contributed by atoms with E-state index in [4.69, 9.17) is 0 Å². The van der Waals surface area contributed by atoms with Crippen LogP contribution in [0, 0.1) is 28.6 Å². The van der Waals surface area contributed by atoms with Gasteiger partial charge in [0.15, 0.2) is 0 Å². The fourth-order valence-corrected chi connectivity index (χ4v) is 3.10. The zero-order chi connectivity index (χ0) is 11.1. The van der Waals surface area contributed by atoms with Crippen molar-refractivity contribution in [1.29, 1.82) is 5.26 Å². The Balaban J connectivity index is 2.18. The average molecular weight is 207 g/mol. The molecule has 2 fully saturated rings. The fraction of sp³-hybridized carbons (Fsp3) is 0.923. The molecule has 0 radical (unpaired) electrons. The second kappa shape index (κ2) is 3.49. The van der Waals surface area contributed by atoms with Crippen LogP contribution in [0.5, 0.6) is 0 Å². The third-order valence-corrected chi connectivity index (χ3v) is 4.64. The molecule has 0 unspecified atom stereocenters. The van der Waals surface area contributed by atoms with E-state index in [2.05, 4.69) is 13.0 Å². The number of hydrogen-bond donors (Lipinski definition) is 1. The third-order valence-electron chi connectivity index (χ3n) is 4.64. The first kappa shape index (κ1) is 11.0. The van der Waals surface area contributed by atoms with Gasteiger partial charge in [-0.1, -0.05) is 19.8 Å². The molecule has 3 atom stereocenters. The van der Waals surface area contributed by atoms with E-state index in [-0.39, 0.29) is 11.3 Å². The molecule has 0 spiro atoms. The van der Waals surface area contributed by atoms with Gasteiger partial charge in [0.05, 0.1) is 17.1 Å². The smallest absolute Gasteiger partial charge is 0.0693 e. The summed E-state index contributed by atoms with van der Waals surface area (Å²) < 4.78 is 0. The zero-order valence-corrected chi connectivity index (χ0v) is 9.79. The molecule has 0 bridgehead atoms. The van der Waals surface area contributed by atoms with Crippen molar-refractivity contribution in [2.75, 3.05) is 0 Å². The molecule has 0 aliphatic heterocycles. The lowest BCUT2D eigenvalue weighted by molar-refractivity contribution is -0.0770. The molecule has 84 valence electrons. The predicted molar refractivity (Wildman–Crippen MR) is 59.0 cm³/mol. The van der Waals surface area contributed by atoms with Gasteiger partial charge in [-0.2, -0.15) is 5.26 Å². The highest BCUT2D eigenvalue weighted by Gasteiger charge is 2.50. The van der Waals surface area contributed by atoms with Crippen molar-refractivity contribution in [3.63, 3.8) is 0 Å². The van der Waals surface area contributed by atoms with Gasteiger partial charge in [0.2, 0.25) is 0 Å². The molecule has 0 aromatic carbocycles. The van der Waals surface area contributed by atoms with Gasteiger partial charge in [0.1, 0.15) is 0 Å². The van der Waals surface area contributed by atoms with Crippen LogP contribution >= 0.6 is 0 Å². The Kier molecular flexibility index (Phi) is 2.55. The number of nitrogens with zero attached hydrogens (tertiary/aromatic N) is 1. The van der Waals surface area contributed by atoms with Crippen molar-refractivity contribution in [2.45, 2.75) is 58.0 Å². The van der Waals surface area contributed by atoms with Crippen LogP contribution in [0.3, 0.4) is 0 Å². The predicted octanol–water partition coefficient (Wildman–Crippen LogP) is 2.87. The Labute approximate surface area is 92.3 Å². The van der Waals surface area contributed by atoms with E-state index in [0.717, 1.165) is 31.6 Å². The van der Waals surface area contributed by atoms with Crippen molar-refractivity contribution < 1.29 is 5.11 Å². The summed E-state index contributed by atoms with van der Waals surface area (Å²) in [5.74, 6) is 0.880. The van der Waals surface area contributed by atoms with Gasteiger partial charge in [-0.25, -0.2) is 0 Å². The largest absolute Gasteiger partial charge is 0.390 e. The van der Waals surface area contributed by atoms with Crippen LogP contribution in [0.25, 0.3) is 0 Å². The van der Waals surface area contributed by atoms with E-state index >= 15 is 0 Å². The highest BCUT2D eigenvalue weighted by atomic mass is 16.3. The molecular formula is C13H21NO. The minimum atomic E-state index is -0.636. The minimum Gasteiger partial charge on any atom is -0.390 e. The van der Waals surface area contributed by atoms with Crippen LogP contribution in [0.2, 0.25) is 0 Å². The molecule has 2 rings (SSSR count). The molecule has 0 saturated heterocycles. The van der Waals surface area contributed by atoms with E-state index in [1.807, 2.05) is 6.92 Å². The van der Waals surface area contributed by atoms with Crippen molar-refractivity contribution in [1.82, 2.24) is 0 Å². The van der Waals surface area contributed by atoms with Crippen LogP contribution in [0.1, 0.15) is 52.4 Å². The molecule has 2 aliphatic rings. The SMILES string of the molecule is C[C@@H]1[C@@](C#N)(CC2CC2)CCC[C@]1(C)O. The molecule has 2 aliphatic carbocycles. The summed E-state index contributed by atoms with van der Waals surface area (Å²) in [6.07, 6.45) is 6.43. The van der Waals surface area contributed by atoms with Gasteiger partial charge in [-0.15, -0.1) is 0 Å². The van der Waals surface area contributed by atoms with Crippen LogP contribution in [-0.4, -0.2) is 10.7 Å². The first-order valence-corrected chi connectivity index (χ1v) is 6.14. The molecule has 1 N–H and O–H groups in total. The summed E-state index contributed by atoms with van der Waals surface area (Å²) in [7, 11) is 0. The van der Waals surface area contributed by atoms with E-state index in [9.17, 15) is 10.4 Å². The maximum absolute atomic E-state index is 10.3. The van der Waals surface area contributed by atoms with Crippen LogP contribution < -0.4 is 0 Å². The molecule has 0 amide bonds. The minimum absolute atomic E-state index is 0.115. The molecule has 2 saturated carbocycles. The Hall–Kier alpha value is -0.550. The van der Waals surface area contributed by atoms with E-state index < -0.39 is 5.60 Å². The molecule has 15 heavy (non-hydrogen) atoms. The lowest BCUT2D eigenvalue weighted by Gasteiger charge is -2.46. The van der Waals surface area contributed by atoms with Crippen molar-refractivity contribution in [3.05, 3.63) is 0 Å². The quantitative estimate of drug-likeness (QED) is 0.756. The molecule has 0 aromatic rings. The van der Waals surface area contributed by atoms with Crippen LogP contribution in [0.15, 0.2) is 0 Å². The Bertz CT molecular complexity index is 287.